The minimum absolute atomic E-state index is 0.105. The maximum atomic E-state index is 11.1. The van der Waals surface area contributed by atoms with Gasteiger partial charge in [-0.3, -0.25) is 4.79 Å². The molecule has 1 saturated carbocycles. The third-order valence-corrected chi connectivity index (χ3v) is 3.97. The Labute approximate surface area is 105 Å². The molecule has 3 rings (SSSR count). The van der Waals surface area contributed by atoms with Gasteiger partial charge >= 0.3 is 5.97 Å². The molecule has 6 heteroatoms. The SMILES string of the molecule is O=C(O)C1CCCC1c1nc(N2CCCC2)no1. The topological polar surface area (TPSA) is 79.5 Å². The van der Waals surface area contributed by atoms with Gasteiger partial charge in [0.05, 0.1) is 11.8 Å². The van der Waals surface area contributed by atoms with Gasteiger partial charge < -0.3 is 14.5 Å². The van der Waals surface area contributed by atoms with Crippen molar-refractivity contribution >= 4 is 11.9 Å². The van der Waals surface area contributed by atoms with Crippen LogP contribution >= 0.6 is 0 Å². The van der Waals surface area contributed by atoms with E-state index in [1.54, 1.807) is 0 Å². The molecular formula is C12H17N3O3. The maximum absolute atomic E-state index is 11.1. The molecule has 1 saturated heterocycles. The van der Waals surface area contributed by atoms with Gasteiger partial charge in [-0.15, -0.1) is 0 Å². The van der Waals surface area contributed by atoms with Crippen LogP contribution in [0.25, 0.3) is 0 Å². The fourth-order valence-corrected chi connectivity index (χ4v) is 2.97. The molecule has 1 aliphatic heterocycles. The van der Waals surface area contributed by atoms with Gasteiger partial charge in [0.2, 0.25) is 5.89 Å². The zero-order valence-electron chi connectivity index (χ0n) is 10.2. The summed E-state index contributed by atoms with van der Waals surface area (Å²) in [4.78, 5) is 17.6. The zero-order valence-corrected chi connectivity index (χ0v) is 10.2. The molecule has 0 aromatic carbocycles. The first-order valence-electron chi connectivity index (χ1n) is 6.57. The number of hydrogen-bond acceptors (Lipinski definition) is 5. The summed E-state index contributed by atoms with van der Waals surface area (Å²) in [6.07, 6.45) is 4.78. The summed E-state index contributed by atoms with van der Waals surface area (Å²) in [6, 6.07) is 0. The molecule has 2 heterocycles. The van der Waals surface area contributed by atoms with Gasteiger partial charge in [0.1, 0.15) is 0 Å². The van der Waals surface area contributed by atoms with E-state index in [2.05, 4.69) is 15.0 Å². The van der Waals surface area contributed by atoms with Gasteiger partial charge in [0.25, 0.3) is 5.95 Å². The van der Waals surface area contributed by atoms with Crippen LogP contribution in [0.15, 0.2) is 4.52 Å². The Morgan fingerprint density at radius 2 is 2.06 bits per heavy atom. The Morgan fingerprint density at radius 1 is 1.28 bits per heavy atom. The van der Waals surface area contributed by atoms with Crippen molar-refractivity contribution in [2.75, 3.05) is 18.0 Å². The van der Waals surface area contributed by atoms with Crippen LogP contribution in [0.1, 0.15) is 43.9 Å². The molecular weight excluding hydrogens is 234 g/mol. The molecule has 2 fully saturated rings. The second-order valence-electron chi connectivity index (χ2n) is 5.11. The van der Waals surface area contributed by atoms with Gasteiger partial charge in [0, 0.05) is 13.1 Å². The highest BCUT2D eigenvalue weighted by Gasteiger charge is 2.38. The summed E-state index contributed by atoms with van der Waals surface area (Å²) in [6.45, 7) is 1.93. The van der Waals surface area contributed by atoms with Gasteiger partial charge in [-0.05, 0) is 30.8 Å². The van der Waals surface area contributed by atoms with Crippen LogP contribution in [-0.4, -0.2) is 34.3 Å². The fourth-order valence-electron chi connectivity index (χ4n) is 2.97. The molecule has 0 bridgehead atoms. The number of carboxylic acids is 1. The van der Waals surface area contributed by atoms with Gasteiger partial charge in [-0.2, -0.15) is 4.98 Å². The second-order valence-corrected chi connectivity index (χ2v) is 5.11. The van der Waals surface area contributed by atoms with E-state index in [1.165, 1.54) is 0 Å². The molecule has 2 atom stereocenters. The number of nitrogens with zero attached hydrogens (tertiary/aromatic N) is 3. The van der Waals surface area contributed by atoms with Gasteiger partial charge in [-0.25, -0.2) is 0 Å². The van der Waals surface area contributed by atoms with E-state index < -0.39 is 5.97 Å². The Hall–Kier alpha value is -1.59. The number of hydrogen-bond donors (Lipinski definition) is 1. The fraction of sp³-hybridized carbons (Fsp3) is 0.750. The quantitative estimate of drug-likeness (QED) is 0.879. The smallest absolute Gasteiger partial charge is 0.307 e. The highest BCUT2D eigenvalue weighted by molar-refractivity contribution is 5.71. The van der Waals surface area contributed by atoms with Crippen molar-refractivity contribution in [2.45, 2.75) is 38.0 Å². The monoisotopic (exact) mass is 251 g/mol. The summed E-state index contributed by atoms with van der Waals surface area (Å²) in [5.41, 5.74) is 0. The summed E-state index contributed by atoms with van der Waals surface area (Å²) in [5.74, 6) is -0.0954. The molecule has 1 aromatic heterocycles. The molecule has 1 aliphatic carbocycles. The van der Waals surface area contributed by atoms with Crippen molar-refractivity contribution in [2.24, 2.45) is 5.92 Å². The molecule has 0 radical (unpaired) electrons. The Kier molecular flexibility index (Phi) is 2.93. The lowest BCUT2D eigenvalue weighted by Crippen LogP contribution is -2.20. The van der Waals surface area contributed by atoms with Crippen LogP contribution in [0.2, 0.25) is 0 Å². The van der Waals surface area contributed by atoms with Crippen LogP contribution in [0, 0.1) is 5.92 Å². The van der Waals surface area contributed by atoms with Crippen molar-refractivity contribution in [3.8, 4) is 0 Å². The molecule has 2 aliphatic rings. The van der Waals surface area contributed by atoms with E-state index in [9.17, 15) is 4.79 Å². The van der Waals surface area contributed by atoms with Crippen molar-refractivity contribution < 1.29 is 14.4 Å². The normalized spacial score (nSPS) is 27.9. The van der Waals surface area contributed by atoms with E-state index >= 15 is 0 Å². The number of aromatic nitrogens is 2. The van der Waals surface area contributed by atoms with Crippen molar-refractivity contribution in [1.82, 2.24) is 10.1 Å². The molecule has 0 spiro atoms. The second kappa shape index (κ2) is 4.59. The third-order valence-electron chi connectivity index (χ3n) is 3.97. The Morgan fingerprint density at radius 3 is 2.78 bits per heavy atom. The lowest BCUT2D eigenvalue weighted by Gasteiger charge is -2.11. The van der Waals surface area contributed by atoms with E-state index in [1.807, 2.05) is 0 Å². The van der Waals surface area contributed by atoms with Crippen LogP contribution in [-0.2, 0) is 4.79 Å². The molecule has 0 amide bonds. The Bertz CT molecular complexity index is 440. The summed E-state index contributed by atoms with van der Waals surface area (Å²) in [7, 11) is 0. The van der Waals surface area contributed by atoms with E-state index in [-0.39, 0.29) is 11.8 Å². The summed E-state index contributed by atoms with van der Waals surface area (Å²) in [5, 5.41) is 13.1. The molecule has 2 unspecified atom stereocenters. The lowest BCUT2D eigenvalue weighted by atomic mass is 9.96. The van der Waals surface area contributed by atoms with Crippen LogP contribution in [0.4, 0.5) is 5.95 Å². The molecule has 18 heavy (non-hydrogen) atoms. The minimum Gasteiger partial charge on any atom is -0.481 e. The maximum Gasteiger partial charge on any atom is 0.307 e. The van der Waals surface area contributed by atoms with E-state index in [0.717, 1.165) is 38.8 Å². The number of carbonyl (C=O) groups is 1. The van der Waals surface area contributed by atoms with Crippen LogP contribution in [0.3, 0.4) is 0 Å². The number of anilines is 1. The first kappa shape index (κ1) is 11.5. The van der Waals surface area contributed by atoms with Crippen molar-refractivity contribution in [3.63, 3.8) is 0 Å². The molecule has 1 aromatic rings. The molecule has 98 valence electrons. The lowest BCUT2D eigenvalue weighted by molar-refractivity contribution is -0.142. The number of carboxylic acid groups (broad SMARTS) is 1. The Balaban J connectivity index is 1.78. The average Bonchev–Trinajstić information content (AvgIpc) is 3.10. The van der Waals surface area contributed by atoms with Crippen molar-refractivity contribution in [1.29, 1.82) is 0 Å². The number of rotatable bonds is 3. The number of aliphatic carboxylic acids is 1. The highest BCUT2D eigenvalue weighted by atomic mass is 16.5. The first-order chi connectivity index (χ1) is 8.75. The third kappa shape index (κ3) is 1.95. The first-order valence-corrected chi connectivity index (χ1v) is 6.57. The minimum atomic E-state index is -0.751. The average molecular weight is 251 g/mol. The summed E-state index contributed by atoms with van der Waals surface area (Å²) >= 11 is 0. The predicted molar refractivity (Wildman–Crippen MR) is 63.5 cm³/mol. The summed E-state index contributed by atoms with van der Waals surface area (Å²) < 4.78 is 5.28. The highest BCUT2D eigenvalue weighted by Crippen LogP contribution is 2.39. The van der Waals surface area contributed by atoms with E-state index in [0.29, 0.717) is 18.3 Å². The molecule has 1 N–H and O–H groups in total. The van der Waals surface area contributed by atoms with Crippen LogP contribution in [0.5, 0.6) is 0 Å². The predicted octanol–water partition coefficient (Wildman–Crippen LogP) is 1.64. The van der Waals surface area contributed by atoms with Gasteiger partial charge in [0.15, 0.2) is 0 Å². The van der Waals surface area contributed by atoms with Crippen molar-refractivity contribution in [3.05, 3.63) is 5.89 Å². The van der Waals surface area contributed by atoms with Gasteiger partial charge in [-0.1, -0.05) is 6.42 Å². The van der Waals surface area contributed by atoms with Crippen LogP contribution < -0.4 is 4.90 Å². The largest absolute Gasteiger partial charge is 0.481 e. The zero-order chi connectivity index (χ0) is 12.5. The molecule has 6 nitrogen and oxygen atoms in total. The van der Waals surface area contributed by atoms with E-state index in [4.69, 9.17) is 9.63 Å². The standard InChI is InChI=1S/C12H17N3O3/c16-11(17)9-5-3-4-8(9)10-13-12(14-18-10)15-6-1-2-7-15/h8-9H,1-7H2,(H,16,17).